The number of likely N-dealkylation sites (tertiary alicyclic amines) is 2. The van der Waals surface area contributed by atoms with E-state index in [2.05, 4.69) is 15.1 Å². The van der Waals surface area contributed by atoms with E-state index in [-0.39, 0.29) is 49.0 Å². The van der Waals surface area contributed by atoms with E-state index in [4.69, 9.17) is 10.5 Å². The molecule has 1 unspecified atom stereocenters. The lowest BCUT2D eigenvalue weighted by Crippen LogP contribution is -2.65. The summed E-state index contributed by atoms with van der Waals surface area (Å²) in [5, 5.41) is 3.10. The van der Waals surface area contributed by atoms with Crippen LogP contribution in [0.1, 0.15) is 54.4 Å². The van der Waals surface area contributed by atoms with Gasteiger partial charge in [0, 0.05) is 24.5 Å². The van der Waals surface area contributed by atoms with E-state index in [0.717, 1.165) is 81.9 Å². The molecule has 3 saturated heterocycles. The summed E-state index contributed by atoms with van der Waals surface area (Å²) >= 11 is 0. The molecule has 1 aliphatic carbocycles. The van der Waals surface area contributed by atoms with Crippen molar-refractivity contribution in [2.24, 2.45) is 17.6 Å². The number of alkyl carbamates (subject to hydrolysis) is 1. The quantitative estimate of drug-likeness (QED) is 0.233. The summed E-state index contributed by atoms with van der Waals surface area (Å²) < 4.78 is 92.2. The second-order valence-electron chi connectivity index (χ2n) is 15.6. The Bertz CT molecular complexity index is 2040. The summed E-state index contributed by atoms with van der Waals surface area (Å²) in [5.74, 6) is -3.12. The van der Waals surface area contributed by atoms with Crippen LogP contribution in [0.15, 0.2) is 70.5 Å². The highest BCUT2D eigenvalue weighted by Gasteiger charge is 2.54. The molecule has 0 radical (unpaired) electrons. The van der Waals surface area contributed by atoms with E-state index >= 15 is 8.78 Å². The van der Waals surface area contributed by atoms with Crippen molar-refractivity contribution in [3.63, 3.8) is 0 Å². The molecule has 3 N–H and O–H groups in total. The van der Waals surface area contributed by atoms with Crippen LogP contribution in [0.2, 0.25) is 0 Å². The van der Waals surface area contributed by atoms with Crippen LogP contribution in [0, 0.1) is 29.3 Å². The van der Waals surface area contributed by atoms with Gasteiger partial charge in [-0.15, -0.1) is 0 Å². The summed E-state index contributed by atoms with van der Waals surface area (Å²) in [6, 6.07) is 12.7. The fourth-order valence-corrected chi connectivity index (χ4v) is 10.8. The Balaban J connectivity index is 1.03. The van der Waals surface area contributed by atoms with Gasteiger partial charge in [0.1, 0.15) is 17.5 Å². The van der Waals surface area contributed by atoms with Crippen molar-refractivity contribution in [1.82, 2.24) is 15.1 Å². The molecule has 3 aromatic carbocycles. The van der Waals surface area contributed by atoms with E-state index in [1.165, 1.54) is 30.2 Å². The number of benzene rings is 3. The van der Waals surface area contributed by atoms with Gasteiger partial charge in [-0.1, -0.05) is 18.6 Å². The molecule has 3 aliphatic heterocycles. The molecule has 0 aromatic heterocycles. The average molecular weight is 786 g/mol. The van der Waals surface area contributed by atoms with Crippen molar-refractivity contribution >= 4 is 27.5 Å². The van der Waals surface area contributed by atoms with Gasteiger partial charge >= 0.3 is 6.09 Å². The highest BCUT2D eigenvalue weighted by Crippen LogP contribution is 2.52. The maximum atomic E-state index is 16.2. The molecule has 3 atom stereocenters. The van der Waals surface area contributed by atoms with E-state index < -0.39 is 59.9 Å². The highest BCUT2D eigenvalue weighted by molar-refractivity contribution is 7.91. The summed E-state index contributed by atoms with van der Waals surface area (Å²) in [6.07, 6.45) is 4.76. The molecule has 55 heavy (non-hydrogen) atoms. The molecular formula is C40H47F4N5O5S. The lowest BCUT2D eigenvalue weighted by molar-refractivity contribution is 0.00575. The Morgan fingerprint density at radius 1 is 0.891 bits per heavy atom. The number of primary amides is 1. The molecule has 3 aromatic rings. The predicted octanol–water partition coefficient (Wildman–Crippen LogP) is 5.44. The molecule has 1 saturated carbocycles. The Hall–Kier alpha value is -4.21. The second-order valence-corrected chi connectivity index (χ2v) is 17.6. The van der Waals surface area contributed by atoms with Crippen LogP contribution in [0.5, 0.6) is 0 Å². The first-order chi connectivity index (χ1) is 26.2. The molecule has 4 fully saturated rings. The summed E-state index contributed by atoms with van der Waals surface area (Å²) in [4.78, 5) is 29.0. The van der Waals surface area contributed by atoms with Gasteiger partial charge < -0.3 is 25.6 Å². The Morgan fingerprint density at radius 3 is 2.18 bits per heavy atom. The summed E-state index contributed by atoms with van der Waals surface area (Å²) in [7, 11) is -2.98. The first kappa shape index (κ1) is 39.0. The third-order valence-corrected chi connectivity index (χ3v) is 14.1. The van der Waals surface area contributed by atoms with Crippen molar-refractivity contribution in [2.45, 2.75) is 65.4 Å². The van der Waals surface area contributed by atoms with Crippen LogP contribution in [-0.4, -0.2) is 101 Å². The molecule has 2 amide bonds. The summed E-state index contributed by atoms with van der Waals surface area (Å²) in [5.41, 5.74) is 3.56. The van der Waals surface area contributed by atoms with E-state index in [1.807, 2.05) is 6.07 Å². The van der Waals surface area contributed by atoms with Gasteiger partial charge in [0.15, 0.2) is 5.67 Å². The van der Waals surface area contributed by atoms with Gasteiger partial charge in [0.2, 0.25) is 9.84 Å². The number of carbonyl (C=O) groups is 2. The number of piperidine rings is 1. The number of rotatable bonds is 12. The van der Waals surface area contributed by atoms with Crippen LogP contribution in [0.25, 0.3) is 0 Å². The maximum Gasteiger partial charge on any atom is 0.407 e. The van der Waals surface area contributed by atoms with Gasteiger partial charge in [0.25, 0.3) is 5.91 Å². The number of halogens is 4. The van der Waals surface area contributed by atoms with Crippen LogP contribution >= 0.6 is 0 Å². The lowest BCUT2D eigenvalue weighted by Gasteiger charge is -2.54. The van der Waals surface area contributed by atoms with Gasteiger partial charge in [-0.2, -0.15) is 0 Å². The topological polar surface area (TPSA) is 125 Å². The zero-order valence-electron chi connectivity index (χ0n) is 30.8. The summed E-state index contributed by atoms with van der Waals surface area (Å²) in [6.45, 7) is 3.90. The number of hydrogen-bond acceptors (Lipinski definition) is 8. The Kier molecular flexibility index (Phi) is 10.9. The zero-order valence-corrected chi connectivity index (χ0v) is 31.6. The van der Waals surface area contributed by atoms with Gasteiger partial charge in [0.05, 0.1) is 41.2 Å². The minimum atomic E-state index is -4.33. The number of anilines is 1. The number of hydrogen-bond donors (Lipinski definition) is 2. The normalized spacial score (nSPS) is 23.0. The Morgan fingerprint density at radius 2 is 1.58 bits per heavy atom. The number of nitrogens with zero attached hydrogens (tertiary/aromatic N) is 3. The van der Waals surface area contributed by atoms with Crippen molar-refractivity contribution in [1.29, 1.82) is 0 Å². The third kappa shape index (κ3) is 7.67. The molecule has 296 valence electrons. The standard InChI is InChI=1S/C40H47F4N5O5S/c1-54-38(51)46-35-8-3-7-32(35)40(25-47-15-4-16-47,27-5-2-6-28(41)19-27)26-13-17-48(18-14-26)22-39(44)23-49(24-39)36-12-10-30(21-34(36)43)55(52,53)29-9-11-31(37(45)50)33(42)20-29/h2,5-6,9-12,19-21,26,32,35H,3-4,7-8,13-18,22-25H2,1H3,(H2,45,50)(H,46,51)/t32-,35-,40?/m0/s1. The van der Waals surface area contributed by atoms with E-state index in [0.29, 0.717) is 19.2 Å². The van der Waals surface area contributed by atoms with Crippen LogP contribution in [-0.2, 0) is 20.0 Å². The minimum absolute atomic E-state index is 0.0538. The minimum Gasteiger partial charge on any atom is -0.453 e. The smallest absolute Gasteiger partial charge is 0.407 e. The average Bonchev–Trinajstić information content (AvgIpc) is 3.58. The fraction of sp³-hybridized carbons (Fsp3) is 0.500. The van der Waals surface area contributed by atoms with Crippen LogP contribution in [0.4, 0.5) is 28.0 Å². The molecule has 0 spiro atoms. The third-order valence-electron chi connectivity index (χ3n) is 12.3. The molecular weight excluding hydrogens is 739 g/mol. The number of nitrogens with two attached hydrogens (primary N) is 1. The largest absolute Gasteiger partial charge is 0.453 e. The number of amides is 2. The number of carbonyl (C=O) groups excluding carboxylic acids is 2. The predicted molar refractivity (Wildman–Crippen MR) is 198 cm³/mol. The second kappa shape index (κ2) is 15.4. The molecule has 3 heterocycles. The first-order valence-electron chi connectivity index (χ1n) is 18.9. The number of nitrogens with one attached hydrogen (secondary N) is 1. The van der Waals surface area contributed by atoms with E-state index in [9.17, 15) is 26.8 Å². The van der Waals surface area contributed by atoms with Gasteiger partial charge in [-0.05, 0) is 124 Å². The molecule has 4 aliphatic rings. The number of methoxy groups -OCH3 is 1. The number of sulfone groups is 1. The molecule has 15 heteroatoms. The van der Waals surface area contributed by atoms with Crippen molar-refractivity contribution in [2.75, 3.05) is 64.4 Å². The molecule has 0 bridgehead atoms. The number of ether oxygens (including phenoxy) is 1. The van der Waals surface area contributed by atoms with Gasteiger partial charge in [-0.3, -0.25) is 9.69 Å². The van der Waals surface area contributed by atoms with Crippen molar-refractivity contribution < 1.29 is 40.3 Å². The van der Waals surface area contributed by atoms with Crippen molar-refractivity contribution in [3.05, 3.63) is 89.2 Å². The molecule has 10 nitrogen and oxygen atoms in total. The van der Waals surface area contributed by atoms with Gasteiger partial charge in [-0.25, -0.2) is 30.8 Å². The maximum absolute atomic E-state index is 16.2. The van der Waals surface area contributed by atoms with Crippen LogP contribution in [0.3, 0.4) is 0 Å². The first-order valence-corrected chi connectivity index (χ1v) is 20.3. The zero-order chi connectivity index (χ0) is 39.1. The Labute approximate surface area is 318 Å². The van der Waals surface area contributed by atoms with Crippen LogP contribution < -0.4 is 16.0 Å². The lowest BCUT2D eigenvalue weighted by atomic mass is 9.57. The number of alkyl halides is 1. The fourth-order valence-electron chi connectivity index (χ4n) is 9.56. The van der Waals surface area contributed by atoms with Crippen molar-refractivity contribution in [3.8, 4) is 0 Å². The SMILES string of the molecule is COC(=O)N[C@H]1CCC[C@@H]1C(CN1CCC1)(c1cccc(F)c1)C1CCN(CC2(F)CN(c3ccc(S(=O)(=O)c4ccc(C(N)=O)c(F)c4)cc3F)C2)CC1. The molecule has 7 rings (SSSR count). The highest BCUT2D eigenvalue weighted by atomic mass is 32.2. The monoisotopic (exact) mass is 785 g/mol. The van der Waals surface area contributed by atoms with E-state index in [1.54, 1.807) is 12.1 Å².